The van der Waals surface area contributed by atoms with E-state index in [1.54, 1.807) is 0 Å². The number of nitrogens with one attached hydrogen (secondary N) is 1. The zero-order chi connectivity index (χ0) is 16.2. The van der Waals surface area contributed by atoms with Gasteiger partial charge in [0.25, 0.3) is 0 Å². The van der Waals surface area contributed by atoms with Crippen molar-refractivity contribution in [1.82, 2.24) is 10.2 Å². The molecule has 0 saturated heterocycles. The Kier molecular flexibility index (Phi) is 10.4. The molecule has 0 aromatic rings. The van der Waals surface area contributed by atoms with E-state index in [0.29, 0.717) is 6.04 Å². The van der Waals surface area contributed by atoms with Gasteiger partial charge in [-0.15, -0.1) is 0 Å². The van der Waals surface area contributed by atoms with Gasteiger partial charge in [-0.3, -0.25) is 0 Å². The third kappa shape index (κ3) is 8.70. The Bertz CT molecular complexity index is 275. The summed E-state index contributed by atoms with van der Waals surface area (Å²) in [5.41, 5.74) is 0. The standard InChI is InChI=1S/C13H26N2.C7H14/c1-4-5-11-15(3)12(2)14-13-9-7-6-8-10-13;1-7-5-3-2-4-6-7/h13-14H,2,4-11H2,1,3H3;7H,2-6H2,1H3. The van der Waals surface area contributed by atoms with Gasteiger partial charge in [-0.25, -0.2) is 0 Å². The minimum Gasteiger partial charge on any atom is -0.370 e. The van der Waals surface area contributed by atoms with Gasteiger partial charge in [0.2, 0.25) is 0 Å². The molecule has 2 fully saturated rings. The largest absolute Gasteiger partial charge is 0.370 e. The van der Waals surface area contributed by atoms with Gasteiger partial charge in [-0.05, 0) is 25.2 Å². The summed E-state index contributed by atoms with van der Waals surface area (Å²) in [6.07, 6.45) is 16.8. The van der Waals surface area contributed by atoms with Crippen molar-refractivity contribution in [3.8, 4) is 0 Å². The predicted octanol–water partition coefficient (Wildman–Crippen LogP) is 5.70. The highest BCUT2D eigenvalue weighted by atomic mass is 15.2. The SMILES string of the molecule is C=C(NC1CCCCC1)N(C)CCCC.CC1CCCCC1. The van der Waals surface area contributed by atoms with E-state index in [-0.39, 0.29) is 0 Å². The lowest BCUT2D eigenvalue weighted by molar-refractivity contribution is 0.323. The van der Waals surface area contributed by atoms with Crippen LogP contribution in [0.3, 0.4) is 0 Å². The summed E-state index contributed by atoms with van der Waals surface area (Å²) in [6.45, 7) is 9.82. The van der Waals surface area contributed by atoms with E-state index >= 15 is 0 Å². The van der Waals surface area contributed by atoms with E-state index in [1.807, 2.05) is 0 Å². The second-order valence-corrected chi connectivity index (χ2v) is 7.44. The quantitative estimate of drug-likeness (QED) is 0.677. The van der Waals surface area contributed by atoms with Crippen LogP contribution in [0.5, 0.6) is 0 Å². The summed E-state index contributed by atoms with van der Waals surface area (Å²) < 4.78 is 0. The molecule has 0 atom stereocenters. The van der Waals surface area contributed by atoms with Gasteiger partial charge in [0.15, 0.2) is 0 Å². The summed E-state index contributed by atoms with van der Waals surface area (Å²) in [5.74, 6) is 2.14. The Morgan fingerprint density at radius 3 is 2.00 bits per heavy atom. The number of rotatable bonds is 6. The third-order valence-corrected chi connectivity index (χ3v) is 5.18. The first-order chi connectivity index (χ1) is 10.6. The second kappa shape index (κ2) is 11.8. The molecule has 2 saturated carbocycles. The first kappa shape index (κ1) is 19.4. The lowest BCUT2D eigenvalue weighted by atomic mass is 9.91. The molecular weight excluding hydrogens is 268 g/mol. The maximum atomic E-state index is 4.12. The average molecular weight is 309 g/mol. The van der Waals surface area contributed by atoms with Crippen molar-refractivity contribution in [3.05, 3.63) is 12.4 Å². The third-order valence-electron chi connectivity index (χ3n) is 5.18. The number of nitrogens with zero attached hydrogens (tertiary/aromatic N) is 1. The Morgan fingerprint density at radius 2 is 1.55 bits per heavy atom. The summed E-state index contributed by atoms with van der Waals surface area (Å²) in [5, 5.41) is 3.56. The molecule has 0 amide bonds. The number of hydrogen-bond acceptors (Lipinski definition) is 2. The lowest BCUT2D eigenvalue weighted by Gasteiger charge is -2.29. The Balaban J connectivity index is 0.000000287. The molecule has 2 aliphatic rings. The molecular formula is C20H40N2. The first-order valence-electron chi connectivity index (χ1n) is 9.80. The van der Waals surface area contributed by atoms with Crippen LogP contribution in [0.2, 0.25) is 0 Å². The fourth-order valence-corrected chi connectivity index (χ4v) is 3.43. The summed E-state index contributed by atoms with van der Waals surface area (Å²) in [7, 11) is 2.13. The maximum Gasteiger partial charge on any atom is 0.0938 e. The van der Waals surface area contributed by atoms with Gasteiger partial charge in [0, 0.05) is 19.6 Å². The number of unbranched alkanes of at least 4 members (excludes halogenated alkanes) is 1. The smallest absolute Gasteiger partial charge is 0.0938 e. The molecule has 0 heterocycles. The van der Waals surface area contributed by atoms with Crippen LogP contribution in [0.25, 0.3) is 0 Å². The average Bonchev–Trinajstić information content (AvgIpc) is 2.55. The molecule has 0 spiro atoms. The molecule has 1 N–H and O–H groups in total. The molecule has 130 valence electrons. The van der Waals surface area contributed by atoms with Crippen LogP contribution in [0.4, 0.5) is 0 Å². The van der Waals surface area contributed by atoms with E-state index < -0.39 is 0 Å². The normalized spacial score (nSPS) is 20.0. The van der Waals surface area contributed by atoms with Crippen LogP contribution in [-0.4, -0.2) is 24.5 Å². The van der Waals surface area contributed by atoms with Gasteiger partial charge >= 0.3 is 0 Å². The van der Waals surface area contributed by atoms with E-state index in [4.69, 9.17) is 0 Å². The maximum absolute atomic E-state index is 4.12. The molecule has 0 radical (unpaired) electrons. The molecule has 0 aliphatic heterocycles. The van der Waals surface area contributed by atoms with Crippen molar-refractivity contribution < 1.29 is 0 Å². The monoisotopic (exact) mass is 308 g/mol. The molecule has 0 aromatic carbocycles. The first-order valence-corrected chi connectivity index (χ1v) is 9.80. The molecule has 2 heteroatoms. The summed E-state index contributed by atoms with van der Waals surface area (Å²) in [6, 6.07) is 0.676. The highest BCUT2D eigenvalue weighted by Crippen LogP contribution is 2.22. The molecule has 2 aliphatic carbocycles. The Hall–Kier alpha value is -0.660. The van der Waals surface area contributed by atoms with E-state index in [9.17, 15) is 0 Å². The van der Waals surface area contributed by atoms with Crippen molar-refractivity contribution in [2.24, 2.45) is 5.92 Å². The fraction of sp³-hybridized carbons (Fsp3) is 0.900. The van der Waals surface area contributed by atoms with Crippen molar-refractivity contribution in [3.63, 3.8) is 0 Å². The molecule has 0 unspecified atom stereocenters. The van der Waals surface area contributed by atoms with E-state index in [1.165, 1.54) is 77.0 Å². The van der Waals surface area contributed by atoms with Crippen LogP contribution >= 0.6 is 0 Å². The highest BCUT2D eigenvalue weighted by Gasteiger charge is 2.14. The second-order valence-electron chi connectivity index (χ2n) is 7.44. The lowest BCUT2D eigenvalue weighted by Crippen LogP contribution is -2.36. The summed E-state index contributed by atoms with van der Waals surface area (Å²) in [4.78, 5) is 2.25. The van der Waals surface area contributed by atoms with Crippen LogP contribution < -0.4 is 5.32 Å². The van der Waals surface area contributed by atoms with Gasteiger partial charge < -0.3 is 10.2 Å². The molecule has 2 rings (SSSR count). The van der Waals surface area contributed by atoms with Crippen molar-refractivity contribution >= 4 is 0 Å². The fourth-order valence-electron chi connectivity index (χ4n) is 3.43. The predicted molar refractivity (Wildman–Crippen MR) is 98.9 cm³/mol. The van der Waals surface area contributed by atoms with Gasteiger partial charge in [0.05, 0.1) is 5.82 Å². The Morgan fingerprint density at radius 1 is 1.00 bits per heavy atom. The summed E-state index contributed by atoms with van der Waals surface area (Å²) >= 11 is 0. The number of hydrogen-bond donors (Lipinski definition) is 1. The minimum absolute atomic E-state index is 0.676. The zero-order valence-corrected chi connectivity index (χ0v) is 15.5. The van der Waals surface area contributed by atoms with Crippen molar-refractivity contribution in [1.29, 1.82) is 0 Å². The molecule has 22 heavy (non-hydrogen) atoms. The van der Waals surface area contributed by atoms with E-state index in [0.717, 1.165) is 18.3 Å². The molecule has 2 nitrogen and oxygen atoms in total. The van der Waals surface area contributed by atoms with Crippen LogP contribution in [0.1, 0.15) is 90.9 Å². The van der Waals surface area contributed by atoms with Crippen LogP contribution in [0, 0.1) is 5.92 Å². The molecule has 0 bridgehead atoms. The zero-order valence-electron chi connectivity index (χ0n) is 15.5. The Labute approximate surface area is 139 Å². The van der Waals surface area contributed by atoms with Crippen molar-refractivity contribution in [2.75, 3.05) is 13.6 Å². The van der Waals surface area contributed by atoms with E-state index in [2.05, 4.69) is 37.7 Å². The van der Waals surface area contributed by atoms with Gasteiger partial charge in [-0.1, -0.05) is 78.2 Å². The van der Waals surface area contributed by atoms with Gasteiger partial charge in [0.1, 0.15) is 0 Å². The minimum atomic E-state index is 0.676. The topological polar surface area (TPSA) is 15.3 Å². The van der Waals surface area contributed by atoms with Gasteiger partial charge in [-0.2, -0.15) is 0 Å². The van der Waals surface area contributed by atoms with Crippen LogP contribution in [-0.2, 0) is 0 Å². The molecule has 0 aromatic heterocycles. The highest BCUT2D eigenvalue weighted by molar-refractivity contribution is 4.93. The van der Waals surface area contributed by atoms with Crippen molar-refractivity contribution in [2.45, 2.75) is 96.9 Å². The van der Waals surface area contributed by atoms with Crippen LogP contribution in [0.15, 0.2) is 12.4 Å².